The fourth-order valence-corrected chi connectivity index (χ4v) is 1.30. The first-order chi connectivity index (χ1) is 7.17. The van der Waals surface area contributed by atoms with Crippen LogP contribution in [0.5, 0.6) is 0 Å². The van der Waals surface area contributed by atoms with Crippen molar-refractivity contribution in [3.8, 4) is 0 Å². The molecule has 1 aromatic rings. The van der Waals surface area contributed by atoms with Crippen LogP contribution in [-0.2, 0) is 11.2 Å². The predicted molar refractivity (Wildman–Crippen MR) is 58.9 cm³/mol. The molecule has 0 bridgehead atoms. The first kappa shape index (κ1) is 11.9. The smallest absolute Gasteiger partial charge is 0.423 e. The predicted octanol–water partition coefficient (Wildman–Crippen LogP) is -1.30. The van der Waals surface area contributed by atoms with Crippen molar-refractivity contribution in [2.45, 2.75) is 12.5 Å². The summed E-state index contributed by atoms with van der Waals surface area (Å²) in [5.74, 6) is 0. The monoisotopic (exact) mass is 207 g/mol. The van der Waals surface area contributed by atoms with Crippen LogP contribution in [0.1, 0.15) is 5.56 Å². The molecule has 0 heterocycles. The molecule has 3 N–H and O–H groups in total. The van der Waals surface area contributed by atoms with Crippen molar-refractivity contribution in [1.29, 1.82) is 0 Å². The van der Waals surface area contributed by atoms with E-state index in [9.17, 15) is 4.79 Å². The number of hydrogen-bond acceptors (Lipinski definition) is 4. The van der Waals surface area contributed by atoms with Crippen molar-refractivity contribution in [3.05, 3.63) is 29.8 Å². The molecule has 1 rings (SSSR count). The molecular formula is C10H14BNO3. The Morgan fingerprint density at radius 1 is 1.40 bits per heavy atom. The minimum absolute atomic E-state index is 0.199. The third-order valence-corrected chi connectivity index (χ3v) is 2.27. The lowest BCUT2D eigenvalue weighted by molar-refractivity contribution is -0.109. The third-order valence-electron chi connectivity index (χ3n) is 2.27. The Bertz CT molecular complexity index is 313. The summed E-state index contributed by atoms with van der Waals surface area (Å²) in [6, 6.07) is 6.63. The molecule has 0 radical (unpaired) electrons. The van der Waals surface area contributed by atoms with Crippen molar-refractivity contribution in [2.75, 3.05) is 7.05 Å². The van der Waals surface area contributed by atoms with E-state index in [0.717, 1.165) is 11.8 Å². The molecule has 0 saturated carbocycles. The zero-order valence-corrected chi connectivity index (χ0v) is 8.55. The number of nitrogens with one attached hydrogen (secondary N) is 1. The van der Waals surface area contributed by atoms with E-state index in [4.69, 9.17) is 10.0 Å². The van der Waals surface area contributed by atoms with Gasteiger partial charge < -0.3 is 20.2 Å². The number of likely N-dealkylation sites (N-methyl/N-ethyl adjacent to an activating group) is 1. The average molecular weight is 207 g/mol. The van der Waals surface area contributed by atoms with E-state index in [0.29, 0.717) is 11.9 Å². The maximum Gasteiger partial charge on any atom is 0.488 e. The van der Waals surface area contributed by atoms with Crippen molar-refractivity contribution < 1.29 is 14.8 Å². The van der Waals surface area contributed by atoms with Gasteiger partial charge in [0.05, 0.1) is 6.04 Å². The van der Waals surface area contributed by atoms with Crippen LogP contribution in [0.25, 0.3) is 0 Å². The highest BCUT2D eigenvalue weighted by Gasteiger charge is 2.10. The van der Waals surface area contributed by atoms with E-state index in [1.165, 1.54) is 0 Å². The topological polar surface area (TPSA) is 69.6 Å². The second-order valence-corrected chi connectivity index (χ2v) is 3.35. The molecule has 0 aliphatic heterocycles. The number of aldehydes is 1. The van der Waals surface area contributed by atoms with E-state index in [1.54, 1.807) is 31.3 Å². The van der Waals surface area contributed by atoms with Crippen molar-refractivity contribution >= 4 is 18.9 Å². The molecule has 1 atom stereocenters. The SMILES string of the molecule is CNC(C=O)Cc1ccc(B(O)O)cc1. The van der Waals surface area contributed by atoms with Crippen LogP contribution >= 0.6 is 0 Å². The molecule has 0 aromatic heterocycles. The summed E-state index contributed by atoms with van der Waals surface area (Å²) in [6.07, 6.45) is 1.45. The summed E-state index contributed by atoms with van der Waals surface area (Å²) in [4.78, 5) is 10.6. The van der Waals surface area contributed by atoms with Crippen LogP contribution in [0.2, 0.25) is 0 Å². The minimum atomic E-state index is -1.44. The minimum Gasteiger partial charge on any atom is -0.423 e. The molecule has 0 aliphatic rings. The van der Waals surface area contributed by atoms with E-state index in [1.807, 2.05) is 0 Å². The first-order valence-electron chi connectivity index (χ1n) is 4.75. The van der Waals surface area contributed by atoms with Gasteiger partial charge in [0, 0.05) is 0 Å². The average Bonchev–Trinajstić information content (AvgIpc) is 2.26. The quantitative estimate of drug-likeness (QED) is 0.414. The van der Waals surface area contributed by atoms with Gasteiger partial charge in [-0.25, -0.2) is 0 Å². The Kier molecular flexibility index (Phi) is 4.49. The zero-order valence-electron chi connectivity index (χ0n) is 8.55. The van der Waals surface area contributed by atoms with Gasteiger partial charge in [-0.2, -0.15) is 0 Å². The lowest BCUT2D eigenvalue weighted by Crippen LogP contribution is -2.31. The molecule has 0 amide bonds. The van der Waals surface area contributed by atoms with Crippen LogP contribution in [0.3, 0.4) is 0 Å². The second kappa shape index (κ2) is 5.65. The first-order valence-corrected chi connectivity index (χ1v) is 4.75. The molecule has 0 fully saturated rings. The fraction of sp³-hybridized carbons (Fsp3) is 0.300. The number of carbonyl (C=O) groups is 1. The molecule has 0 saturated heterocycles. The summed E-state index contributed by atoms with van der Waals surface area (Å²) >= 11 is 0. The highest BCUT2D eigenvalue weighted by molar-refractivity contribution is 6.58. The normalized spacial score (nSPS) is 12.2. The summed E-state index contributed by atoms with van der Waals surface area (Å²) in [7, 11) is 0.287. The van der Waals surface area contributed by atoms with Crippen LogP contribution in [0.15, 0.2) is 24.3 Å². The van der Waals surface area contributed by atoms with Crippen molar-refractivity contribution in [3.63, 3.8) is 0 Å². The second-order valence-electron chi connectivity index (χ2n) is 3.35. The van der Waals surface area contributed by atoms with Crippen molar-refractivity contribution in [1.82, 2.24) is 5.32 Å². The summed E-state index contributed by atoms with van der Waals surface area (Å²) in [6.45, 7) is 0. The van der Waals surface area contributed by atoms with Crippen molar-refractivity contribution in [2.24, 2.45) is 0 Å². The molecule has 0 aliphatic carbocycles. The van der Waals surface area contributed by atoms with Gasteiger partial charge in [-0.1, -0.05) is 24.3 Å². The van der Waals surface area contributed by atoms with Crippen LogP contribution in [0.4, 0.5) is 0 Å². The molecule has 5 heteroatoms. The standard InChI is InChI=1S/C10H14BNO3/c1-12-10(7-13)6-8-2-4-9(5-3-8)11(14)15/h2-5,7,10,12,14-15H,6H2,1H3. The fourth-order valence-electron chi connectivity index (χ4n) is 1.30. The highest BCUT2D eigenvalue weighted by Crippen LogP contribution is 2.00. The molecule has 0 spiro atoms. The van der Waals surface area contributed by atoms with E-state index in [-0.39, 0.29) is 6.04 Å². The van der Waals surface area contributed by atoms with Gasteiger partial charge in [-0.05, 0) is 24.5 Å². The molecule has 80 valence electrons. The van der Waals surface area contributed by atoms with Gasteiger partial charge in [0.1, 0.15) is 6.29 Å². The number of benzene rings is 1. The third kappa shape index (κ3) is 3.47. The Hall–Kier alpha value is -1.17. The maximum atomic E-state index is 10.6. The van der Waals surface area contributed by atoms with Crippen LogP contribution in [-0.4, -0.2) is 36.5 Å². The summed E-state index contributed by atoms with van der Waals surface area (Å²) in [5, 5.41) is 20.6. The largest absolute Gasteiger partial charge is 0.488 e. The lowest BCUT2D eigenvalue weighted by atomic mass is 9.80. The van der Waals surface area contributed by atoms with Gasteiger partial charge >= 0.3 is 7.12 Å². The van der Waals surface area contributed by atoms with Gasteiger partial charge in [0.2, 0.25) is 0 Å². The lowest BCUT2D eigenvalue weighted by Gasteiger charge is -2.09. The summed E-state index contributed by atoms with van der Waals surface area (Å²) in [5.41, 5.74) is 1.43. The number of hydrogen-bond donors (Lipinski definition) is 3. The Morgan fingerprint density at radius 2 is 2.00 bits per heavy atom. The molecular weight excluding hydrogens is 193 g/mol. The van der Waals surface area contributed by atoms with E-state index in [2.05, 4.69) is 5.32 Å². The Labute approximate surface area is 89.1 Å². The van der Waals surface area contributed by atoms with E-state index < -0.39 is 7.12 Å². The van der Waals surface area contributed by atoms with Gasteiger partial charge in [0.15, 0.2) is 0 Å². The van der Waals surface area contributed by atoms with E-state index >= 15 is 0 Å². The molecule has 15 heavy (non-hydrogen) atoms. The Morgan fingerprint density at radius 3 is 2.40 bits per heavy atom. The molecule has 1 aromatic carbocycles. The number of carbonyl (C=O) groups excluding carboxylic acids is 1. The van der Waals surface area contributed by atoms with Gasteiger partial charge in [-0.3, -0.25) is 0 Å². The van der Waals surface area contributed by atoms with Crippen LogP contribution < -0.4 is 10.8 Å². The zero-order chi connectivity index (χ0) is 11.3. The molecule has 4 nitrogen and oxygen atoms in total. The summed E-state index contributed by atoms with van der Waals surface area (Å²) < 4.78 is 0. The highest BCUT2D eigenvalue weighted by atomic mass is 16.4. The maximum absolute atomic E-state index is 10.6. The van der Waals surface area contributed by atoms with Gasteiger partial charge in [0.25, 0.3) is 0 Å². The van der Waals surface area contributed by atoms with Gasteiger partial charge in [-0.15, -0.1) is 0 Å². The van der Waals surface area contributed by atoms with Crippen LogP contribution in [0, 0.1) is 0 Å². The Balaban J connectivity index is 2.67. The molecule has 1 unspecified atom stereocenters. The number of rotatable bonds is 5.